The summed E-state index contributed by atoms with van der Waals surface area (Å²) in [5, 5.41) is 7.88. The molecule has 1 aliphatic heterocycles. The smallest absolute Gasteiger partial charge is 0.273 e. The average molecular weight is 506 g/mol. The van der Waals surface area contributed by atoms with Crippen molar-refractivity contribution in [3.63, 3.8) is 0 Å². The van der Waals surface area contributed by atoms with Crippen molar-refractivity contribution < 1.29 is 0 Å². The van der Waals surface area contributed by atoms with Gasteiger partial charge in [-0.15, -0.1) is 0 Å². The van der Waals surface area contributed by atoms with E-state index in [1.54, 1.807) is 11.6 Å². The third-order valence-electron chi connectivity index (χ3n) is 7.52. The van der Waals surface area contributed by atoms with Gasteiger partial charge in [0.25, 0.3) is 5.56 Å². The third kappa shape index (κ3) is 4.26. The number of aromatic nitrogens is 5. The predicted molar refractivity (Wildman–Crippen MR) is 150 cm³/mol. The Balaban J connectivity index is 1.47. The first kappa shape index (κ1) is 24.1. The minimum Gasteiger partial charge on any atom is -0.378 e. The number of hydrogen-bond acceptors (Lipinski definition) is 6. The summed E-state index contributed by atoms with van der Waals surface area (Å²) in [6.45, 7) is 4.04. The van der Waals surface area contributed by atoms with E-state index in [0.717, 1.165) is 59.6 Å². The van der Waals surface area contributed by atoms with Gasteiger partial charge in [-0.05, 0) is 81.4 Å². The van der Waals surface area contributed by atoms with Crippen molar-refractivity contribution in [3.8, 4) is 11.3 Å². The number of aryl methyl sites for hydroxylation is 1. The van der Waals surface area contributed by atoms with Crippen molar-refractivity contribution in [2.75, 3.05) is 18.4 Å². The summed E-state index contributed by atoms with van der Waals surface area (Å²) in [6.07, 6.45) is 9.50. The lowest BCUT2D eigenvalue weighted by Gasteiger charge is -2.31. The van der Waals surface area contributed by atoms with Gasteiger partial charge in [-0.1, -0.05) is 12.1 Å². The second kappa shape index (κ2) is 9.87. The van der Waals surface area contributed by atoms with Crippen LogP contribution in [-0.4, -0.2) is 43.2 Å². The lowest BCUT2D eigenvalue weighted by Crippen LogP contribution is -2.37. The molecule has 0 unspecified atom stereocenters. The number of nitrogens with zero attached hydrogens (tertiary/aromatic N) is 5. The van der Waals surface area contributed by atoms with Crippen molar-refractivity contribution in [2.45, 2.75) is 31.3 Å². The van der Waals surface area contributed by atoms with Crippen LogP contribution < -0.4 is 16.2 Å². The standard InChI is InChI=1S/C30H31N7O/c1-30(26-7-3-5-14-32-26,27-8-4-6-15-33-27)37-18-13-21-9-10-24(35-28(21)37)22-19-25(29(38)36(2)20-22)34-23-11-16-31-17-12-23/h3-10,13-15,18-20,23,31,34H,11-12,16-17H2,1-2H3. The molecule has 0 spiro atoms. The molecule has 8 nitrogen and oxygen atoms in total. The van der Waals surface area contributed by atoms with Crippen molar-refractivity contribution in [1.82, 2.24) is 29.4 Å². The fourth-order valence-electron chi connectivity index (χ4n) is 5.35. The highest BCUT2D eigenvalue weighted by Crippen LogP contribution is 2.35. The van der Waals surface area contributed by atoms with E-state index >= 15 is 0 Å². The van der Waals surface area contributed by atoms with Gasteiger partial charge in [0, 0.05) is 48.8 Å². The van der Waals surface area contributed by atoms with Crippen molar-refractivity contribution >= 4 is 16.7 Å². The fraction of sp³-hybridized carbons (Fsp3) is 0.267. The minimum absolute atomic E-state index is 0.0328. The highest BCUT2D eigenvalue weighted by molar-refractivity contribution is 5.80. The Hall–Kier alpha value is -4.30. The van der Waals surface area contributed by atoms with Gasteiger partial charge in [0.05, 0.1) is 17.1 Å². The summed E-state index contributed by atoms with van der Waals surface area (Å²) in [4.78, 5) is 27.5. The average Bonchev–Trinajstić information content (AvgIpc) is 3.40. The largest absolute Gasteiger partial charge is 0.378 e. The van der Waals surface area contributed by atoms with Crippen LogP contribution in [0, 0.1) is 0 Å². The summed E-state index contributed by atoms with van der Waals surface area (Å²) < 4.78 is 3.78. The molecule has 1 fully saturated rings. The number of piperidine rings is 1. The molecule has 0 aliphatic carbocycles. The molecule has 0 atom stereocenters. The molecule has 0 saturated carbocycles. The van der Waals surface area contributed by atoms with Gasteiger partial charge < -0.3 is 19.8 Å². The first-order valence-electron chi connectivity index (χ1n) is 13.0. The number of nitrogens with one attached hydrogen (secondary N) is 2. The Labute approximate surface area is 221 Å². The minimum atomic E-state index is -0.679. The van der Waals surface area contributed by atoms with Crippen LogP contribution in [0.3, 0.4) is 0 Å². The molecule has 5 aromatic heterocycles. The Morgan fingerprint density at radius 2 is 1.68 bits per heavy atom. The Bertz CT molecular complexity index is 1580. The van der Waals surface area contributed by atoms with Crippen molar-refractivity contribution in [2.24, 2.45) is 7.05 Å². The van der Waals surface area contributed by atoms with Crippen molar-refractivity contribution in [1.29, 1.82) is 0 Å². The molecule has 1 aliphatic rings. The summed E-state index contributed by atoms with van der Waals surface area (Å²) >= 11 is 0. The number of rotatable bonds is 6. The zero-order valence-electron chi connectivity index (χ0n) is 21.6. The van der Waals surface area contributed by atoms with E-state index in [9.17, 15) is 4.79 Å². The van der Waals surface area contributed by atoms with E-state index in [4.69, 9.17) is 15.0 Å². The van der Waals surface area contributed by atoms with Crippen LogP contribution in [0.1, 0.15) is 31.2 Å². The van der Waals surface area contributed by atoms with Crippen LogP contribution in [-0.2, 0) is 12.6 Å². The summed E-state index contributed by atoms with van der Waals surface area (Å²) in [5.41, 5.74) is 4.15. The Morgan fingerprint density at radius 1 is 0.974 bits per heavy atom. The van der Waals surface area contributed by atoms with Crippen LogP contribution in [0.15, 0.2) is 90.2 Å². The molecule has 6 heterocycles. The van der Waals surface area contributed by atoms with Gasteiger partial charge in [-0.25, -0.2) is 4.98 Å². The van der Waals surface area contributed by atoms with Gasteiger partial charge in [0.15, 0.2) is 0 Å². The molecule has 0 bridgehead atoms. The van der Waals surface area contributed by atoms with Crippen LogP contribution in [0.25, 0.3) is 22.3 Å². The van der Waals surface area contributed by atoms with Crippen LogP contribution in [0.2, 0.25) is 0 Å². The van der Waals surface area contributed by atoms with E-state index in [0.29, 0.717) is 5.69 Å². The van der Waals surface area contributed by atoms with Crippen LogP contribution in [0.5, 0.6) is 0 Å². The zero-order chi connectivity index (χ0) is 26.1. The summed E-state index contributed by atoms with van der Waals surface area (Å²) in [6, 6.07) is 20.3. The first-order chi connectivity index (χ1) is 18.5. The SMILES string of the molecule is Cn1cc(-c2ccc3ccn(C(C)(c4ccccn4)c4ccccn4)c3n2)cc(NC2CCNCC2)c1=O. The quantitative estimate of drug-likeness (QED) is 0.360. The van der Waals surface area contributed by atoms with Crippen molar-refractivity contribution in [3.05, 3.63) is 107 Å². The molecule has 0 amide bonds. The molecule has 0 aromatic carbocycles. The first-order valence-corrected chi connectivity index (χ1v) is 13.0. The normalized spacial score (nSPS) is 14.6. The van der Waals surface area contributed by atoms with Gasteiger partial charge in [-0.3, -0.25) is 14.8 Å². The summed E-state index contributed by atoms with van der Waals surface area (Å²) in [7, 11) is 1.79. The monoisotopic (exact) mass is 505 g/mol. The highest BCUT2D eigenvalue weighted by atomic mass is 16.1. The van der Waals surface area contributed by atoms with Crippen LogP contribution in [0.4, 0.5) is 5.69 Å². The molecule has 1 saturated heterocycles. The molecule has 38 heavy (non-hydrogen) atoms. The zero-order valence-corrected chi connectivity index (χ0v) is 21.6. The van der Waals surface area contributed by atoms with E-state index in [1.807, 2.05) is 67.1 Å². The maximum absolute atomic E-state index is 12.9. The highest BCUT2D eigenvalue weighted by Gasteiger charge is 2.35. The lowest BCUT2D eigenvalue weighted by atomic mass is 9.91. The maximum Gasteiger partial charge on any atom is 0.273 e. The third-order valence-corrected chi connectivity index (χ3v) is 7.52. The molecule has 5 aromatic rings. The Kier molecular flexibility index (Phi) is 6.25. The summed E-state index contributed by atoms with van der Waals surface area (Å²) in [5.74, 6) is 0. The van der Waals surface area contributed by atoms with Gasteiger partial charge >= 0.3 is 0 Å². The number of pyridine rings is 4. The van der Waals surface area contributed by atoms with E-state index in [-0.39, 0.29) is 11.6 Å². The molecule has 0 radical (unpaired) electrons. The topological polar surface area (TPSA) is 89.7 Å². The molecular weight excluding hydrogens is 474 g/mol. The second-order valence-electron chi connectivity index (χ2n) is 10.0. The van der Waals surface area contributed by atoms with E-state index in [1.165, 1.54) is 0 Å². The van der Waals surface area contributed by atoms with Crippen LogP contribution >= 0.6 is 0 Å². The predicted octanol–water partition coefficient (Wildman–Crippen LogP) is 4.17. The molecule has 192 valence electrons. The second-order valence-corrected chi connectivity index (χ2v) is 10.0. The van der Waals surface area contributed by atoms with E-state index in [2.05, 4.69) is 40.5 Å². The maximum atomic E-state index is 12.9. The van der Waals surface area contributed by atoms with Gasteiger partial charge in [0.2, 0.25) is 0 Å². The van der Waals surface area contributed by atoms with Gasteiger partial charge in [0.1, 0.15) is 16.9 Å². The fourth-order valence-corrected chi connectivity index (χ4v) is 5.35. The van der Waals surface area contributed by atoms with E-state index < -0.39 is 5.54 Å². The Morgan fingerprint density at radius 3 is 2.34 bits per heavy atom. The van der Waals surface area contributed by atoms with Gasteiger partial charge in [-0.2, -0.15) is 0 Å². The molecule has 2 N–H and O–H groups in total. The lowest BCUT2D eigenvalue weighted by molar-refractivity contribution is 0.461. The molecule has 8 heteroatoms. The number of anilines is 1. The molecular formula is C30H31N7O. The molecule has 6 rings (SSSR count). The number of hydrogen-bond donors (Lipinski definition) is 2. The number of fused-ring (bicyclic) bond motifs is 1.